The van der Waals surface area contributed by atoms with Gasteiger partial charge in [-0.2, -0.15) is 0 Å². The monoisotopic (exact) mass is 228 g/mol. The van der Waals surface area contributed by atoms with E-state index in [-0.39, 0.29) is 0 Å². The number of hydrogen-bond donors (Lipinski definition) is 3. The molecule has 0 amide bonds. The molecule has 13 heavy (non-hydrogen) atoms. The summed E-state index contributed by atoms with van der Waals surface area (Å²) in [5, 5.41) is 0. The molecule has 1 atom stereocenters. The molecule has 0 aromatic rings. The van der Waals surface area contributed by atoms with Crippen LogP contribution in [0.1, 0.15) is 6.92 Å². The average molecular weight is 228 g/mol. The molecule has 0 aliphatic rings. The van der Waals surface area contributed by atoms with E-state index in [0.29, 0.717) is 5.82 Å². The summed E-state index contributed by atoms with van der Waals surface area (Å²) >= 11 is 0. The lowest BCUT2D eigenvalue weighted by Crippen LogP contribution is -1.83. The van der Waals surface area contributed by atoms with E-state index < -0.39 is 15.4 Å². The molecule has 0 saturated carbocycles. The first-order chi connectivity index (χ1) is 5.77. The van der Waals surface area contributed by atoms with Gasteiger partial charge < -0.3 is 14.7 Å². The second-order valence-corrected chi connectivity index (χ2v) is 5.06. The lowest BCUT2D eigenvalue weighted by molar-refractivity contribution is 0.267. The van der Waals surface area contributed by atoms with Gasteiger partial charge in [-0.1, -0.05) is 18.2 Å². The Morgan fingerprint density at radius 2 is 1.69 bits per heavy atom. The van der Waals surface area contributed by atoms with Crippen LogP contribution in [0.25, 0.3) is 0 Å². The number of hydrogen-bond acceptors (Lipinski definition) is 3. The van der Waals surface area contributed by atoms with Crippen LogP contribution < -0.4 is 0 Å². The molecule has 3 N–H and O–H groups in total. The Hall–Kier alpha value is -0.220. The molecule has 0 heterocycles. The highest BCUT2D eigenvalue weighted by molar-refractivity contribution is 7.65. The van der Waals surface area contributed by atoms with Gasteiger partial charge in [0, 0.05) is 5.82 Å². The standard InChI is InChI=1S/C5H10O6P2/c1-2-3-4-5-12(6,7)11-13(8,9)10/h2-5H,1H3,(H,6,7)(H2,8,9,10). The van der Waals surface area contributed by atoms with Crippen LogP contribution in [0, 0.1) is 0 Å². The van der Waals surface area contributed by atoms with E-state index in [4.69, 9.17) is 14.7 Å². The minimum Gasteiger partial charge on any atom is -0.321 e. The smallest absolute Gasteiger partial charge is 0.321 e. The summed E-state index contributed by atoms with van der Waals surface area (Å²) in [5.74, 6) is 0.687. The summed E-state index contributed by atoms with van der Waals surface area (Å²) in [6.07, 6.45) is 4.16. The summed E-state index contributed by atoms with van der Waals surface area (Å²) in [7, 11) is -9.26. The van der Waals surface area contributed by atoms with Crippen LogP contribution in [0.3, 0.4) is 0 Å². The highest BCUT2D eigenvalue weighted by Crippen LogP contribution is 2.57. The third-order valence-corrected chi connectivity index (χ3v) is 3.14. The van der Waals surface area contributed by atoms with E-state index in [0.717, 1.165) is 6.08 Å². The molecule has 1 unspecified atom stereocenters. The Bertz CT molecular complexity index is 300. The maximum Gasteiger partial charge on any atom is 0.477 e. The highest BCUT2D eigenvalue weighted by Gasteiger charge is 2.27. The van der Waals surface area contributed by atoms with E-state index in [1.54, 1.807) is 13.0 Å². The molecule has 0 aromatic carbocycles. The normalized spacial score (nSPS) is 18.2. The highest BCUT2D eigenvalue weighted by atomic mass is 31.3. The topological polar surface area (TPSA) is 104 Å². The maximum absolute atomic E-state index is 10.8. The molecule has 0 spiro atoms. The minimum absolute atomic E-state index is 0.687. The van der Waals surface area contributed by atoms with Gasteiger partial charge in [0.15, 0.2) is 0 Å². The predicted molar refractivity (Wildman–Crippen MR) is 46.9 cm³/mol. The van der Waals surface area contributed by atoms with Crippen molar-refractivity contribution < 1.29 is 28.1 Å². The summed E-state index contributed by atoms with van der Waals surface area (Å²) < 4.78 is 24.6. The quantitative estimate of drug-likeness (QED) is 0.495. The van der Waals surface area contributed by atoms with Crippen LogP contribution in [0.4, 0.5) is 0 Å². The Morgan fingerprint density at radius 3 is 2.08 bits per heavy atom. The molecular formula is C5H10O6P2. The molecule has 8 heteroatoms. The van der Waals surface area contributed by atoms with Crippen molar-refractivity contribution in [2.45, 2.75) is 6.92 Å². The predicted octanol–water partition coefficient (Wildman–Crippen LogP) is 1.37. The van der Waals surface area contributed by atoms with Crippen LogP contribution in [0.15, 0.2) is 24.0 Å². The van der Waals surface area contributed by atoms with Gasteiger partial charge in [-0.25, -0.2) is 8.88 Å². The Balaban J connectivity index is 4.43. The van der Waals surface area contributed by atoms with Crippen molar-refractivity contribution in [3.8, 4) is 0 Å². The van der Waals surface area contributed by atoms with Crippen LogP contribution >= 0.6 is 15.4 Å². The first kappa shape index (κ1) is 12.8. The van der Waals surface area contributed by atoms with E-state index in [1.165, 1.54) is 6.08 Å². The molecule has 0 rings (SSSR count). The fourth-order valence-corrected chi connectivity index (χ4v) is 2.20. The van der Waals surface area contributed by atoms with Crippen LogP contribution in [-0.2, 0) is 13.4 Å². The summed E-state index contributed by atoms with van der Waals surface area (Å²) in [5.41, 5.74) is 0. The van der Waals surface area contributed by atoms with Gasteiger partial charge in [-0.15, -0.1) is 0 Å². The second kappa shape index (κ2) is 4.86. The molecule has 0 aromatic heterocycles. The van der Waals surface area contributed by atoms with Crippen molar-refractivity contribution in [2.24, 2.45) is 0 Å². The van der Waals surface area contributed by atoms with Crippen LogP contribution in [-0.4, -0.2) is 14.7 Å². The second-order valence-electron chi connectivity index (χ2n) is 2.00. The summed E-state index contributed by atoms with van der Waals surface area (Å²) in [6.45, 7) is 1.68. The lowest BCUT2D eigenvalue weighted by Gasteiger charge is -2.07. The van der Waals surface area contributed by atoms with Gasteiger partial charge in [-0.3, -0.25) is 4.57 Å². The van der Waals surface area contributed by atoms with Gasteiger partial charge in [0.1, 0.15) is 0 Å². The third-order valence-electron chi connectivity index (χ3n) is 0.801. The average Bonchev–Trinajstić information content (AvgIpc) is 1.81. The van der Waals surface area contributed by atoms with Crippen molar-refractivity contribution in [1.29, 1.82) is 0 Å². The molecule has 6 nitrogen and oxygen atoms in total. The van der Waals surface area contributed by atoms with Gasteiger partial charge in [0.25, 0.3) is 0 Å². The van der Waals surface area contributed by atoms with E-state index in [1.807, 2.05) is 0 Å². The lowest BCUT2D eigenvalue weighted by atomic mass is 10.5. The number of phosphoric acid groups is 1. The molecule has 0 aliphatic heterocycles. The first-order valence-corrected chi connectivity index (χ1v) is 6.34. The molecule has 0 radical (unpaired) electrons. The van der Waals surface area contributed by atoms with Crippen LogP contribution in [0.2, 0.25) is 0 Å². The fourth-order valence-electron chi connectivity index (χ4n) is 0.449. The minimum atomic E-state index is -4.92. The number of rotatable bonds is 4. The zero-order chi connectivity index (χ0) is 10.5. The van der Waals surface area contributed by atoms with E-state index in [9.17, 15) is 9.13 Å². The molecule has 76 valence electrons. The molecule has 0 aliphatic carbocycles. The molecule has 0 bridgehead atoms. The maximum atomic E-state index is 10.8. The summed E-state index contributed by atoms with van der Waals surface area (Å²) in [4.78, 5) is 25.2. The van der Waals surface area contributed by atoms with E-state index in [2.05, 4.69) is 4.31 Å². The first-order valence-electron chi connectivity index (χ1n) is 3.17. The van der Waals surface area contributed by atoms with Crippen molar-refractivity contribution in [3.05, 3.63) is 24.0 Å². The van der Waals surface area contributed by atoms with Gasteiger partial charge >= 0.3 is 15.4 Å². The molecule has 0 fully saturated rings. The largest absolute Gasteiger partial charge is 0.477 e. The number of allylic oxidation sites excluding steroid dienone is 3. The zero-order valence-electron chi connectivity index (χ0n) is 6.77. The van der Waals surface area contributed by atoms with Gasteiger partial charge in [0.2, 0.25) is 0 Å². The van der Waals surface area contributed by atoms with Crippen molar-refractivity contribution >= 4 is 15.4 Å². The zero-order valence-corrected chi connectivity index (χ0v) is 8.56. The van der Waals surface area contributed by atoms with E-state index >= 15 is 0 Å². The van der Waals surface area contributed by atoms with Gasteiger partial charge in [-0.05, 0) is 6.92 Å². The summed E-state index contributed by atoms with van der Waals surface area (Å²) in [6, 6.07) is 0. The SMILES string of the molecule is CC=CC=CP(=O)(O)OP(=O)(O)O. The van der Waals surface area contributed by atoms with Gasteiger partial charge in [0.05, 0.1) is 0 Å². The van der Waals surface area contributed by atoms with Crippen molar-refractivity contribution in [2.75, 3.05) is 0 Å². The Labute approximate surface area is 75.3 Å². The molecule has 0 saturated heterocycles. The van der Waals surface area contributed by atoms with Crippen LogP contribution in [0.5, 0.6) is 0 Å². The Morgan fingerprint density at radius 1 is 1.15 bits per heavy atom. The van der Waals surface area contributed by atoms with Crippen molar-refractivity contribution in [1.82, 2.24) is 0 Å². The third kappa shape index (κ3) is 8.12. The Kier molecular flexibility index (Phi) is 4.78. The fraction of sp³-hybridized carbons (Fsp3) is 0.200. The van der Waals surface area contributed by atoms with Crippen molar-refractivity contribution in [3.63, 3.8) is 0 Å². The molecular weight excluding hydrogens is 218 g/mol.